The van der Waals surface area contributed by atoms with Crippen molar-refractivity contribution in [2.75, 3.05) is 25.6 Å². The summed E-state index contributed by atoms with van der Waals surface area (Å²) in [5.74, 6) is 0.295. The van der Waals surface area contributed by atoms with Gasteiger partial charge in [-0.2, -0.15) is 0 Å². The van der Waals surface area contributed by atoms with E-state index in [4.69, 9.17) is 10.5 Å². The molecule has 1 rings (SSSR count). The van der Waals surface area contributed by atoms with Gasteiger partial charge >= 0.3 is 0 Å². The molecule has 106 valence electrons. The smallest absolute Gasteiger partial charge is 0.251 e. The Bertz CT molecular complexity index is 477. The van der Waals surface area contributed by atoms with E-state index in [-0.39, 0.29) is 11.2 Å². The molecule has 0 saturated carbocycles. The molecule has 0 saturated heterocycles. The summed E-state index contributed by atoms with van der Waals surface area (Å²) in [5, 5.41) is 2.86. The van der Waals surface area contributed by atoms with E-state index in [1.807, 2.05) is 6.92 Å². The predicted molar refractivity (Wildman–Crippen MR) is 77.9 cm³/mol. The number of benzene rings is 1. The molecule has 0 aliphatic carbocycles. The maximum atomic E-state index is 11.9. The molecule has 3 N–H and O–H groups in total. The molecule has 0 fully saturated rings. The highest BCUT2D eigenvalue weighted by atomic mass is 32.2. The van der Waals surface area contributed by atoms with Gasteiger partial charge in [0.1, 0.15) is 5.75 Å². The van der Waals surface area contributed by atoms with Crippen molar-refractivity contribution < 1.29 is 13.7 Å². The van der Waals surface area contributed by atoms with Crippen molar-refractivity contribution in [2.24, 2.45) is 0 Å². The lowest BCUT2D eigenvalue weighted by atomic mass is 10.1. The Balaban J connectivity index is 2.56. The number of methoxy groups -OCH3 is 1. The zero-order valence-electron chi connectivity index (χ0n) is 11.4. The molecule has 2 atom stereocenters. The quantitative estimate of drug-likeness (QED) is 0.768. The minimum atomic E-state index is -0.866. The van der Waals surface area contributed by atoms with Crippen LogP contribution in [-0.2, 0) is 10.8 Å². The van der Waals surface area contributed by atoms with Crippen LogP contribution >= 0.6 is 0 Å². The Morgan fingerprint density at radius 2 is 2.21 bits per heavy atom. The van der Waals surface area contributed by atoms with Crippen LogP contribution in [0, 0.1) is 0 Å². The number of anilines is 1. The van der Waals surface area contributed by atoms with Gasteiger partial charge in [-0.25, -0.2) is 0 Å². The van der Waals surface area contributed by atoms with E-state index in [1.54, 1.807) is 24.5 Å². The summed E-state index contributed by atoms with van der Waals surface area (Å²) in [6.07, 6.45) is 2.35. The van der Waals surface area contributed by atoms with Crippen molar-refractivity contribution in [3.05, 3.63) is 23.8 Å². The number of carbonyl (C=O) groups is 1. The second-order valence-electron chi connectivity index (χ2n) is 4.31. The molecule has 1 amide bonds. The summed E-state index contributed by atoms with van der Waals surface area (Å²) in [5.41, 5.74) is 6.67. The minimum absolute atomic E-state index is 0.0706. The van der Waals surface area contributed by atoms with E-state index >= 15 is 0 Å². The highest BCUT2D eigenvalue weighted by molar-refractivity contribution is 7.84. The molecule has 2 unspecified atom stereocenters. The number of rotatable bonds is 6. The van der Waals surface area contributed by atoms with E-state index in [0.29, 0.717) is 30.0 Å². The number of carbonyl (C=O) groups excluding carboxylic acids is 1. The van der Waals surface area contributed by atoms with E-state index in [2.05, 4.69) is 5.32 Å². The van der Waals surface area contributed by atoms with Crippen LogP contribution in [0.25, 0.3) is 0 Å². The predicted octanol–water partition coefficient (Wildman–Crippen LogP) is 1.16. The van der Waals surface area contributed by atoms with Gasteiger partial charge in [0.05, 0.1) is 12.8 Å². The average Bonchev–Trinajstić information content (AvgIpc) is 2.38. The number of nitrogen functional groups attached to an aromatic ring is 1. The summed E-state index contributed by atoms with van der Waals surface area (Å²) in [7, 11) is 0.640. The average molecular weight is 284 g/mol. The highest BCUT2D eigenvalue weighted by Crippen LogP contribution is 2.21. The third-order valence-electron chi connectivity index (χ3n) is 2.90. The molecule has 0 bridgehead atoms. The highest BCUT2D eigenvalue weighted by Gasteiger charge is 2.10. The number of nitrogens with one attached hydrogen (secondary N) is 1. The lowest BCUT2D eigenvalue weighted by Crippen LogP contribution is -2.27. The van der Waals surface area contributed by atoms with Crippen molar-refractivity contribution >= 4 is 22.4 Å². The monoisotopic (exact) mass is 284 g/mol. The molecule has 0 aliphatic rings. The third-order valence-corrected chi connectivity index (χ3v) is 4.27. The fraction of sp³-hybridized carbons (Fsp3) is 0.462. The Morgan fingerprint density at radius 3 is 2.79 bits per heavy atom. The molecule has 0 aliphatic heterocycles. The van der Waals surface area contributed by atoms with E-state index < -0.39 is 10.8 Å². The largest absolute Gasteiger partial charge is 0.495 e. The van der Waals surface area contributed by atoms with Gasteiger partial charge in [-0.05, 0) is 24.6 Å². The number of ether oxygens (including phenoxy) is 1. The lowest BCUT2D eigenvalue weighted by molar-refractivity contribution is 0.0953. The summed E-state index contributed by atoms with van der Waals surface area (Å²) in [6.45, 7) is 2.39. The van der Waals surface area contributed by atoms with Crippen LogP contribution in [-0.4, -0.2) is 35.3 Å². The van der Waals surface area contributed by atoms with Crippen molar-refractivity contribution in [3.63, 3.8) is 0 Å². The van der Waals surface area contributed by atoms with Gasteiger partial charge < -0.3 is 15.8 Å². The van der Waals surface area contributed by atoms with Gasteiger partial charge in [0.25, 0.3) is 5.91 Å². The van der Waals surface area contributed by atoms with Crippen LogP contribution in [0.2, 0.25) is 0 Å². The summed E-state index contributed by atoms with van der Waals surface area (Å²) < 4.78 is 16.2. The van der Waals surface area contributed by atoms with E-state index in [1.165, 1.54) is 7.11 Å². The molecule has 0 radical (unpaired) electrons. The standard InChI is InChI=1S/C13H20N2O3S/c1-9(19(3)17)6-7-15-13(16)10-4-5-11(14)12(8-10)18-2/h4-5,8-9H,6-7,14H2,1-3H3,(H,15,16). The van der Waals surface area contributed by atoms with E-state index in [0.717, 1.165) is 0 Å². The maximum absolute atomic E-state index is 11.9. The topological polar surface area (TPSA) is 81.4 Å². The van der Waals surface area contributed by atoms with E-state index in [9.17, 15) is 9.00 Å². The van der Waals surface area contributed by atoms with Crippen molar-refractivity contribution in [1.82, 2.24) is 5.32 Å². The Kier molecular flexibility index (Phi) is 5.82. The molecule has 0 aromatic heterocycles. The second-order valence-corrected chi connectivity index (χ2v) is 6.11. The minimum Gasteiger partial charge on any atom is -0.495 e. The Morgan fingerprint density at radius 1 is 1.53 bits per heavy atom. The first-order valence-corrected chi connectivity index (χ1v) is 7.61. The first-order chi connectivity index (χ1) is 8.95. The molecule has 5 nitrogen and oxygen atoms in total. The first-order valence-electron chi connectivity index (χ1n) is 5.99. The van der Waals surface area contributed by atoms with Crippen LogP contribution in [0.1, 0.15) is 23.7 Å². The maximum Gasteiger partial charge on any atom is 0.251 e. The molecule has 0 heterocycles. The van der Waals surface area contributed by atoms with Gasteiger partial charge in [-0.1, -0.05) is 6.92 Å². The number of hydrogen-bond acceptors (Lipinski definition) is 4. The van der Waals surface area contributed by atoms with Crippen LogP contribution in [0.15, 0.2) is 18.2 Å². The summed E-state index contributed by atoms with van der Waals surface area (Å²) in [4.78, 5) is 11.9. The van der Waals surface area contributed by atoms with Crippen LogP contribution in [0.3, 0.4) is 0 Å². The molecular weight excluding hydrogens is 264 g/mol. The number of nitrogens with two attached hydrogens (primary N) is 1. The van der Waals surface area contributed by atoms with Crippen molar-refractivity contribution in [2.45, 2.75) is 18.6 Å². The van der Waals surface area contributed by atoms with Gasteiger partial charge in [0.2, 0.25) is 0 Å². The summed E-state index contributed by atoms with van der Waals surface area (Å²) >= 11 is 0. The molecule has 6 heteroatoms. The normalized spacial score (nSPS) is 13.6. The first kappa shape index (κ1) is 15.5. The number of hydrogen-bond donors (Lipinski definition) is 2. The molecule has 0 spiro atoms. The van der Waals surface area contributed by atoms with Crippen LogP contribution in [0.5, 0.6) is 5.75 Å². The fourth-order valence-electron chi connectivity index (χ4n) is 1.51. The third kappa shape index (κ3) is 4.55. The lowest BCUT2D eigenvalue weighted by Gasteiger charge is -2.10. The van der Waals surface area contributed by atoms with Gasteiger partial charge in [0.15, 0.2) is 0 Å². The fourth-order valence-corrected chi connectivity index (χ4v) is 1.96. The van der Waals surface area contributed by atoms with Gasteiger partial charge in [-0.3, -0.25) is 9.00 Å². The van der Waals surface area contributed by atoms with Gasteiger partial charge in [-0.15, -0.1) is 0 Å². The number of amides is 1. The van der Waals surface area contributed by atoms with Crippen molar-refractivity contribution in [3.8, 4) is 5.75 Å². The second kappa shape index (κ2) is 7.13. The molecular formula is C13H20N2O3S. The molecule has 1 aromatic carbocycles. The van der Waals surface area contributed by atoms with Crippen molar-refractivity contribution in [1.29, 1.82) is 0 Å². The SMILES string of the molecule is COc1cc(C(=O)NCCC(C)S(C)=O)ccc1N. The van der Waals surface area contributed by atoms with Crippen LogP contribution < -0.4 is 15.8 Å². The zero-order valence-corrected chi connectivity index (χ0v) is 12.3. The van der Waals surface area contributed by atoms with Gasteiger partial charge in [0, 0.05) is 34.4 Å². The summed E-state index contributed by atoms with van der Waals surface area (Å²) in [6, 6.07) is 4.89. The molecule has 19 heavy (non-hydrogen) atoms. The zero-order chi connectivity index (χ0) is 14.4. The Hall–Kier alpha value is -1.56. The van der Waals surface area contributed by atoms with Crippen LogP contribution in [0.4, 0.5) is 5.69 Å². The Labute approximate surface area is 116 Å². The molecule has 1 aromatic rings.